The first-order valence-electron chi connectivity index (χ1n) is 15.1. The van der Waals surface area contributed by atoms with Crippen LogP contribution in [0.25, 0.3) is 0 Å². The number of allylic oxidation sites excluding steroid dienone is 1. The lowest BCUT2D eigenvalue weighted by atomic mass is 9.64. The van der Waals surface area contributed by atoms with Crippen molar-refractivity contribution in [3.8, 4) is 5.75 Å². The van der Waals surface area contributed by atoms with E-state index in [1.807, 2.05) is 25.1 Å². The first-order chi connectivity index (χ1) is 20.4. The number of anilines is 1. The van der Waals surface area contributed by atoms with Gasteiger partial charge in [0.05, 0.1) is 17.5 Å². The monoisotopic (exact) mass is 628 g/mol. The van der Waals surface area contributed by atoms with Gasteiger partial charge in [-0.15, -0.1) is 0 Å². The highest BCUT2D eigenvalue weighted by Gasteiger charge is 2.48. The second kappa shape index (κ2) is 12.3. The van der Waals surface area contributed by atoms with Gasteiger partial charge in [-0.1, -0.05) is 30.7 Å². The smallest absolute Gasteiger partial charge is 0.264 e. The number of halogens is 1. The van der Waals surface area contributed by atoms with Crippen molar-refractivity contribution in [2.75, 3.05) is 24.6 Å². The average Bonchev–Trinajstić information content (AvgIpc) is 3.10. The quantitative estimate of drug-likeness (QED) is 0.290. The summed E-state index contributed by atoms with van der Waals surface area (Å²) in [5.41, 5.74) is 1.42. The largest absolute Gasteiger partial charge is 0.490 e. The summed E-state index contributed by atoms with van der Waals surface area (Å²) in [7, 11) is -3.82. The number of nitrogens with one attached hydrogen (secondary N) is 1. The van der Waals surface area contributed by atoms with E-state index in [0.717, 1.165) is 32.1 Å². The number of nitrogens with zero attached hydrogens (tertiary/aromatic N) is 1. The van der Waals surface area contributed by atoms with Gasteiger partial charge in [-0.05, 0) is 106 Å². The van der Waals surface area contributed by atoms with Gasteiger partial charge in [-0.2, -0.15) is 0 Å². The van der Waals surface area contributed by atoms with Crippen molar-refractivity contribution < 1.29 is 27.9 Å². The summed E-state index contributed by atoms with van der Waals surface area (Å²) in [6, 6.07) is 11.1. The van der Waals surface area contributed by atoms with Crippen molar-refractivity contribution in [1.82, 2.24) is 4.72 Å². The molecule has 2 aromatic carbocycles. The van der Waals surface area contributed by atoms with Gasteiger partial charge in [-0.25, -0.2) is 13.1 Å². The van der Waals surface area contributed by atoms with Crippen LogP contribution in [-0.4, -0.2) is 56.3 Å². The molecule has 8 nitrogen and oxygen atoms in total. The number of sulfonamides is 1. The van der Waals surface area contributed by atoms with Crippen molar-refractivity contribution in [3.05, 3.63) is 70.3 Å². The van der Waals surface area contributed by atoms with E-state index in [2.05, 4.69) is 15.7 Å². The Morgan fingerprint density at radius 1 is 1.26 bits per heavy atom. The van der Waals surface area contributed by atoms with Crippen LogP contribution in [0.2, 0.25) is 5.02 Å². The summed E-state index contributed by atoms with van der Waals surface area (Å²) in [6.07, 6.45) is 9.19. The number of carbonyl (C=O) groups excluding carboxylic acids is 2. The Balaban J connectivity index is 1.54. The van der Waals surface area contributed by atoms with Gasteiger partial charge in [0.25, 0.3) is 5.91 Å². The van der Waals surface area contributed by atoms with Gasteiger partial charge in [0, 0.05) is 35.0 Å². The number of fused-ring (bicyclic) bond motifs is 3. The fraction of sp³-hybridized carbons (Fsp3) is 0.515. The maximum Gasteiger partial charge on any atom is 0.264 e. The molecule has 1 fully saturated rings. The van der Waals surface area contributed by atoms with Gasteiger partial charge in [0.2, 0.25) is 10.0 Å². The van der Waals surface area contributed by atoms with Crippen LogP contribution in [0.15, 0.2) is 48.6 Å². The molecule has 2 N–H and O–H groups in total. The zero-order valence-electron chi connectivity index (χ0n) is 25.0. The number of benzene rings is 2. The van der Waals surface area contributed by atoms with E-state index in [4.69, 9.17) is 16.3 Å². The number of aryl methyl sites for hydroxylation is 1. The highest BCUT2D eigenvalue weighted by Crippen LogP contribution is 2.48. The van der Waals surface area contributed by atoms with Gasteiger partial charge < -0.3 is 14.7 Å². The number of hydrogen-bond donors (Lipinski definition) is 2. The van der Waals surface area contributed by atoms with Crippen LogP contribution >= 0.6 is 11.6 Å². The maximum absolute atomic E-state index is 13.1. The molecule has 1 spiro atoms. The molecule has 0 radical (unpaired) electrons. The van der Waals surface area contributed by atoms with E-state index in [0.29, 0.717) is 48.9 Å². The summed E-state index contributed by atoms with van der Waals surface area (Å²) >= 11 is 6.37. The number of ether oxygens (including phenoxy) is 1. The molecule has 1 amide bonds. The van der Waals surface area contributed by atoms with E-state index in [1.165, 1.54) is 25.0 Å². The van der Waals surface area contributed by atoms with E-state index in [-0.39, 0.29) is 22.8 Å². The van der Waals surface area contributed by atoms with Gasteiger partial charge in [0.15, 0.2) is 6.29 Å². The van der Waals surface area contributed by atoms with E-state index >= 15 is 0 Å². The number of amides is 1. The molecular formula is C33H41ClN2O6S. The molecule has 3 aliphatic rings. The second-order valence-electron chi connectivity index (χ2n) is 12.6. The SMILES string of the molecule is CC/C=C/[C@](O)(C=O)[C@@H]1CC[C@H]1CN1C[C@@]2(CCCc3cc(Cl)ccc32)COc2ccc(C(=O)NS(=O)(=O)C(C)C)cc21. The third kappa shape index (κ3) is 6.22. The Kier molecular flexibility index (Phi) is 8.99. The van der Waals surface area contributed by atoms with Crippen molar-refractivity contribution in [3.63, 3.8) is 0 Å². The van der Waals surface area contributed by atoms with Crippen LogP contribution < -0.4 is 14.4 Å². The van der Waals surface area contributed by atoms with Crippen molar-refractivity contribution >= 4 is 39.5 Å². The minimum Gasteiger partial charge on any atom is -0.490 e. The van der Waals surface area contributed by atoms with Crippen LogP contribution in [-0.2, 0) is 26.7 Å². The molecular weight excluding hydrogens is 588 g/mol. The molecule has 1 aliphatic heterocycles. The summed E-state index contributed by atoms with van der Waals surface area (Å²) < 4.78 is 33.6. The lowest BCUT2D eigenvalue weighted by Gasteiger charge is -2.47. The first-order valence-corrected chi connectivity index (χ1v) is 17.1. The first kappa shape index (κ1) is 31.5. The zero-order chi connectivity index (χ0) is 31.0. The van der Waals surface area contributed by atoms with Crippen LogP contribution in [0.3, 0.4) is 0 Å². The molecule has 2 aliphatic carbocycles. The lowest BCUT2D eigenvalue weighted by molar-refractivity contribution is -0.130. The molecule has 0 aromatic heterocycles. The second-order valence-corrected chi connectivity index (χ2v) is 15.2. The Hall–Kier alpha value is -2.88. The predicted octanol–water partition coefficient (Wildman–Crippen LogP) is 5.20. The summed E-state index contributed by atoms with van der Waals surface area (Å²) in [5.74, 6) is -0.313. The summed E-state index contributed by atoms with van der Waals surface area (Å²) in [5, 5.41) is 11.2. The molecule has 0 unspecified atom stereocenters. The third-order valence-electron chi connectivity index (χ3n) is 9.43. The van der Waals surface area contributed by atoms with Gasteiger partial charge in [0.1, 0.15) is 11.4 Å². The van der Waals surface area contributed by atoms with Crippen LogP contribution in [0, 0.1) is 11.8 Å². The van der Waals surface area contributed by atoms with Crippen molar-refractivity contribution in [2.45, 2.75) is 75.6 Å². The Labute approximate surface area is 259 Å². The van der Waals surface area contributed by atoms with E-state index in [9.17, 15) is 23.1 Å². The molecule has 2 aromatic rings. The summed E-state index contributed by atoms with van der Waals surface area (Å²) in [4.78, 5) is 27.4. The molecule has 232 valence electrons. The van der Waals surface area contributed by atoms with Crippen LogP contribution in [0.1, 0.15) is 74.4 Å². The number of aliphatic hydroxyl groups is 1. The number of rotatable bonds is 9. The number of carbonyl (C=O) groups is 2. The van der Waals surface area contributed by atoms with Crippen LogP contribution in [0.4, 0.5) is 5.69 Å². The molecule has 1 heterocycles. The average molecular weight is 629 g/mol. The van der Waals surface area contributed by atoms with Crippen LogP contribution in [0.5, 0.6) is 5.75 Å². The highest BCUT2D eigenvalue weighted by molar-refractivity contribution is 7.90. The fourth-order valence-electron chi connectivity index (χ4n) is 6.80. The Bertz CT molecular complexity index is 1530. The minimum atomic E-state index is -3.82. The van der Waals surface area contributed by atoms with Crippen molar-refractivity contribution in [2.24, 2.45) is 11.8 Å². The number of hydrogen-bond acceptors (Lipinski definition) is 7. The molecule has 4 atom stereocenters. The standard InChI is InChI=1S/C33H41ClN2O6S/c1-4-5-15-33(39,20-37)28-11-8-25(28)18-36-19-32(14-6-7-23-16-26(34)10-12-27(23)32)21-42-30-13-9-24(17-29(30)36)31(38)35-43(40,41)22(2)3/h5,9-10,12-13,15-17,20,22,25,28,39H,4,6-8,11,14,18-19,21H2,1-3H3,(H,35,38)/b15-5+/t25-,28+,32-,33-/m0/s1. The number of aldehydes is 1. The molecule has 10 heteroatoms. The summed E-state index contributed by atoms with van der Waals surface area (Å²) in [6.45, 7) is 6.56. The minimum absolute atomic E-state index is 0.0202. The third-order valence-corrected chi connectivity index (χ3v) is 11.4. The maximum atomic E-state index is 13.1. The topological polar surface area (TPSA) is 113 Å². The lowest BCUT2D eigenvalue weighted by Crippen LogP contribution is -2.53. The Morgan fingerprint density at radius 3 is 2.72 bits per heavy atom. The Morgan fingerprint density at radius 2 is 2.05 bits per heavy atom. The fourth-order valence-corrected chi connectivity index (χ4v) is 7.60. The zero-order valence-corrected chi connectivity index (χ0v) is 26.6. The van der Waals surface area contributed by atoms with Gasteiger partial charge in [-0.3, -0.25) is 9.59 Å². The van der Waals surface area contributed by atoms with E-state index in [1.54, 1.807) is 24.3 Å². The molecule has 1 saturated carbocycles. The predicted molar refractivity (Wildman–Crippen MR) is 168 cm³/mol. The molecule has 0 saturated heterocycles. The highest BCUT2D eigenvalue weighted by atomic mass is 35.5. The van der Waals surface area contributed by atoms with E-state index < -0.39 is 26.8 Å². The molecule has 43 heavy (non-hydrogen) atoms. The molecule has 5 rings (SSSR count). The van der Waals surface area contributed by atoms with Crippen molar-refractivity contribution in [1.29, 1.82) is 0 Å². The molecule has 0 bridgehead atoms. The van der Waals surface area contributed by atoms with Gasteiger partial charge >= 0.3 is 0 Å². The normalized spacial score (nSPS) is 24.8.